The van der Waals surface area contributed by atoms with Crippen LogP contribution in [-0.4, -0.2) is 17.0 Å². The van der Waals surface area contributed by atoms with E-state index >= 15 is 0 Å². The monoisotopic (exact) mass is 247 g/mol. The zero-order valence-corrected chi connectivity index (χ0v) is 11.3. The average molecular weight is 247 g/mol. The van der Waals surface area contributed by atoms with Gasteiger partial charge in [-0.15, -0.1) is 11.3 Å². The van der Waals surface area contributed by atoms with E-state index in [1.54, 1.807) is 11.3 Å². The smallest absolute Gasteiger partial charge is 0.142 e. The highest BCUT2D eigenvalue weighted by atomic mass is 32.1. The third kappa shape index (κ3) is 2.53. The predicted molar refractivity (Wildman–Crippen MR) is 72.2 cm³/mol. The number of aryl methyl sites for hydroxylation is 2. The maximum absolute atomic E-state index is 4.62. The van der Waals surface area contributed by atoms with Crippen molar-refractivity contribution in [3.8, 4) is 10.7 Å². The van der Waals surface area contributed by atoms with Gasteiger partial charge in [-0.05, 0) is 32.0 Å². The normalized spacial score (nSPS) is 10.8. The van der Waals surface area contributed by atoms with Crippen molar-refractivity contribution in [3.63, 3.8) is 0 Å². The van der Waals surface area contributed by atoms with Crippen LogP contribution in [0.2, 0.25) is 0 Å². The molecule has 1 N–H and O–H groups in total. The summed E-state index contributed by atoms with van der Waals surface area (Å²) in [7, 11) is 1.96. The van der Waals surface area contributed by atoms with Crippen LogP contribution in [0, 0.1) is 6.92 Å². The minimum Gasteiger partial charge on any atom is -0.315 e. The fraction of sp³-hybridized carbons (Fsp3) is 0.385. The lowest BCUT2D eigenvalue weighted by molar-refractivity contribution is 0.823. The molecule has 2 heterocycles. The molecular formula is C13H17N3S. The van der Waals surface area contributed by atoms with Crippen molar-refractivity contribution in [2.75, 3.05) is 7.05 Å². The van der Waals surface area contributed by atoms with E-state index in [2.05, 4.69) is 35.2 Å². The van der Waals surface area contributed by atoms with E-state index in [9.17, 15) is 0 Å². The van der Waals surface area contributed by atoms with E-state index in [-0.39, 0.29) is 0 Å². The number of pyridine rings is 1. The van der Waals surface area contributed by atoms with E-state index in [0.29, 0.717) is 0 Å². The van der Waals surface area contributed by atoms with Gasteiger partial charge in [0.25, 0.3) is 0 Å². The summed E-state index contributed by atoms with van der Waals surface area (Å²) in [4.78, 5) is 10.4. The Kier molecular flexibility index (Phi) is 3.86. The van der Waals surface area contributed by atoms with Crippen LogP contribution in [0.1, 0.15) is 23.1 Å². The fourth-order valence-corrected chi connectivity index (χ4v) is 2.88. The third-order valence-corrected chi connectivity index (χ3v) is 3.87. The molecule has 3 nitrogen and oxygen atoms in total. The number of nitrogens with one attached hydrogen (secondary N) is 1. The van der Waals surface area contributed by atoms with Crippen LogP contribution >= 0.6 is 11.3 Å². The Morgan fingerprint density at radius 1 is 1.41 bits per heavy atom. The molecular weight excluding hydrogens is 230 g/mol. The number of thiazole rings is 1. The molecule has 0 amide bonds. The van der Waals surface area contributed by atoms with Crippen molar-refractivity contribution in [1.82, 2.24) is 15.3 Å². The summed E-state index contributed by atoms with van der Waals surface area (Å²) in [5, 5.41) is 4.20. The Bertz CT molecular complexity index is 505. The third-order valence-electron chi connectivity index (χ3n) is 2.70. The molecule has 0 atom stereocenters. The Balaban J connectivity index is 2.42. The molecule has 0 fully saturated rings. The maximum Gasteiger partial charge on any atom is 0.142 e. The van der Waals surface area contributed by atoms with Crippen LogP contribution < -0.4 is 5.32 Å². The first-order valence-electron chi connectivity index (χ1n) is 5.81. The van der Waals surface area contributed by atoms with Gasteiger partial charge in [0.2, 0.25) is 0 Å². The standard InChI is InChI=1S/C13H17N3S/c1-4-10-6-5-7-15-12(10)13-16-9(2)11(17-13)8-14-3/h5-7,14H,4,8H2,1-3H3. The largest absolute Gasteiger partial charge is 0.315 e. The SMILES string of the molecule is CCc1cccnc1-c1nc(C)c(CNC)s1. The van der Waals surface area contributed by atoms with Crippen molar-refractivity contribution in [1.29, 1.82) is 0 Å². The second-order valence-electron chi connectivity index (χ2n) is 3.92. The van der Waals surface area contributed by atoms with E-state index < -0.39 is 0 Å². The van der Waals surface area contributed by atoms with Gasteiger partial charge < -0.3 is 5.32 Å². The molecule has 0 aliphatic carbocycles. The first-order valence-corrected chi connectivity index (χ1v) is 6.63. The predicted octanol–water partition coefficient (Wildman–Crippen LogP) is 2.80. The maximum atomic E-state index is 4.62. The lowest BCUT2D eigenvalue weighted by atomic mass is 10.1. The van der Waals surface area contributed by atoms with Crippen LogP contribution in [0.4, 0.5) is 0 Å². The van der Waals surface area contributed by atoms with Gasteiger partial charge in [-0.3, -0.25) is 4.98 Å². The van der Waals surface area contributed by atoms with Crippen LogP contribution in [0.3, 0.4) is 0 Å². The first-order chi connectivity index (χ1) is 8.26. The molecule has 0 aliphatic heterocycles. The lowest BCUT2D eigenvalue weighted by Crippen LogP contribution is -2.04. The van der Waals surface area contributed by atoms with E-state index in [0.717, 1.165) is 29.4 Å². The number of nitrogens with zero attached hydrogens (tertiary/aromatic N) is 2. The molecule has 0 unspecified atom stereocenters. The van der Waals surface area contributed by atoms with Crippen molar-refractivity contribution < 1.29 is 0 Å². The Hall–Kier alpha value is -1.26. The molecule has 0 saturated heterocycles. The van der Waals surface area contributed by atoms with Crippen molar-refractivity contribution >= 4 is 11.3 Å². The van der Waals surface area contributed by atoms with Gasteiger partial charge in [-0.2, -0.15) is 0 Å². The average Bonchev–Trinajstić information content (AvgIpc) is 2.71. The van der Waals surface area contributed by atoms with Crippen LogP contribution in [0.15, 0.2) is 18.3 Å². The summed E-state index contributed by atoms with van der Waals surface area (Å²) in [5.74, 6) is 0. The van der Waals surface area contributed by atoms with Crippen LogP contribution in [0.5, 0.6) is 0 Å². The van der Waals surface area contributed by atoms with Gasteiger partial charge in [-0.25, -0.2) is 4.98 Å². The summed E-state index contributed by atoms with van der Waals surface area (Å²) in [5.41, 5.74) is 3.40. The van der Waals surface area contributed by atoms with Gasteiger partial charge >= 0.3 is 0 Å². The van der Waals surface area contributed by atoms with Gasteiger partial charge in [-0.1, -0.05) is 13.0 Å². The summed E-state index contributed by atoms with van der Waals surface area (Å²) < 4.78 is 0. The Morgan fingerprint density at radius 2 is 2.24 bits per heavy atom. The van der Waals surface area contributed by atoms with Gasteiger partial charge in [0.15, 0.2) is 0 Å². The molecule has 0 bridgehead atoms. The molecule has 0 aliphatic rings. The van der Waals surface area contributed by atoms with Crippen LogP contribution in [-0.2, 0) is 13.0 Å². The molecule has 2 aromatic rings. The van der Waals surface area contributed by atoms with Gasteiger partial charge in [0.1, 0.15) is 10.7 Å². The highest BCUT2D eigenvalue weighted by Gasteiger charge is 2.12. The zero-order chi connectivity index (χ0) is 12.3. The summed E-state index contributed by atoms with van der Waals surface area (Å²) in [6, 6.07) is 4.11. The van der Waals surface area contributed by atoms with Gasteiger partial charge in [0, 0.05) is 17.6 Å². The number of hydrogen-bond acceptors (Lipinski definition) is 4. The van der Waals surface area contributed by atoms with Crippen molar-refractivity contribution in [3.05, 3.63) is 34.5 Å². The van der Waals surface area contributed by atoms with Crippen molar-refractivity contribution in [2.24, 2.45) is 0 Å². The molecule has 0 spiro atoms. The number of hydrogen-bond donors (Lipinski definition) is 1. The summed E-state index contributed by atoms with van der Waals surface area (Å²) in [6.07, 6.45) is 2.83. The molecule has 4 heteroatoms. The van der Waals surface area contributed by atoms with E-state index in [1.807, 2.05) is 19.3 Å². The summed E-state index contributed by atoms with van der Waals surface area (Å²) in [6.45, 7) is 5.08. The minimum absolute atomic E-state index is 0.873. The highest BCUT2D eigenvalue weighted by Crippen LogP contribution is 2.28. The van der Waals surface area contributed by atoms with Crippen molar-refractivity contribution in [2.45, 2.75) is 26.8 Å². The molecule has 2 aromatic heterocycles. The first kappa shape index (κ1) is 12.2. The lowest BCUT2D eigenvalue weighted by Gasteiger charge is -2.02. The second kappa shape index (κ2) is 5.38. The van der Waals surface area contributed by atoms with E-state index in [1.165, 1.54) is 10.4 Å². The quantitative estimate of drug-likeness (QED) is 0.902. The highest BCUT2D eigenvalue weighted by molar-refractivity contribution is 7.15. The number of rotatable bonds is 4. The minimum atomic E-state index is 0.873. The van der Waals surface area contributed by atoms with Gasteiger partial charge in [0.05, 0.1) is 5.69 Å². The fourth-order valence-electron chi connectivity index (χ4n) is 1.77. The van der Waals surface area contributed by atoms with Crippen LogP contribution in [0.25, 0.3) is 10.7 Å². The zero-order valence-electron chi connectivity index (χ0n) is 10.4. The molecule has 90 valence electrons. The Morgan fingerprint density at radius 3 is 2.94 bits per heavy atom. The molecule has 17 heavy (non-hydrogen) atoms. The molecule has 0 aromatic carbocycles. The molecule has 0 saturated carbocycles. The molecule has 2 rings (SSSR count). The summed E-state index contributed by atoms with van der Waals surface area (Å²) >= 11 is 1.73. The van der Waals surface area contributed by atoms with E-state index in [4.69, 9.17) is 0 Å². The number of aromatic nitrogens is 2. The Labute approximate surface area is 106 Å². The topological polar surface area (TPSA) is 37.8 Å². The second-order valence-corrected chi connectivity index (χ2v) is 5.01. The molecule has 0 radical (unpaired) electrons.